The van der Waals surface area contributed by atoms with Crippen LogP contribution in [0.25, 0.3) is 10.9 Å². The summed E-state index contributed by atoms with van der Waals surface area (Å²) in [5, 5.41) is 5.12. The van der Waals surface area contributed by atoms with Crippen molar-refractivity contribution in [2.24, 2.45) is 0 Å². The number of benzene rings is 2. The Hall–Kier alpha value is -2.70. The van der Waals surface area contributed by atoms with E-state index in [1.54, 1.807) is 10.6 Å². The molecule has 2 aliphatic rings. The lowest BCUT2D eigenvalue weighted by molar-refractivity contribution is 0.174. The van der Waals surface area contributed by atoms with Gasteiger partial charge < -0.3 is 24.3 Å². The minimum atomic E-state index is 0.0111. The second-order valence-electron chi connectivity index (χ2n) is 8.07. The third-order valence-electron chi connectivity index (χ3n) is 6.22. The molecular formula is C24H26ClN3O3. The van der Waals surface area contributed by atoms with Crippen molar-refractivity contribution in [1.29, 1.82) is 0 Å². The van der Waals surface area contributed by atoms with Gasteiger partial charge in [0.15, 0.2) is 11.5 Å². The van der Waals surface area contributed by atoms with Crippen LogP contribution in [0.2, 0.25) is 5.02 Å². The molecule has 0 unspecified atom stereocenters. The summed E-state index contributed by atoms with van der Waals surface area (Å²) < 4.78 is 12.9. The lowest BCUT2D eigenvalue weighted by Gasteiger charge is -2.37. The van der Waals surface area contributed by atoms with Crippen molar-refractivity contribution < 1.29 is 9.47 Å². The second-order valence-corrected chi connectivity index (χ2v) is 8.51. The molecule has 0 radical (unpaired) electrons. The molecule has 5 rings (SSSR count). The fourth-order valence-corrected chi connectivity index (χ4v) is 4.84. The third-order valence-corrected chi connectivity index (χ3v) is 6.45. The summed E-state index contributed by atoms with van der Waals surface area (Å²) in [6.45, 7) is 5.48. The maximum atomic E-state index is 13.0. The Labute approximate surface area is 186 Å². The number of halogens is 1. The summed E-state index contributed by atoms with van der Waals surface area (Å²) in [5.41, 5.74) is 2.99. The van der Waals surface area contributed by atoms with Crippen LogP contribution in [0.4, 0.5) is 5.69 Å². The molecule has 1 aromatic heterocycles. The second kappa shape index (κ2) is 8.44. The number of fused-ring (bicyclic) bond motifs is 2. The minimum Gasteiger partial charge on any atom is -0.454 e. The summed E-state index contributed by atoms with van der Waals surface area (Å²) in [5.74, 6) is 1.55. The zero-order valence-corrected chi connectivity index (χ0v) is 18.3. The number of ether oxygens (including phenoxy) is 2. The van der Waals surface area contributed by atoms with Crippen LogP contribution in [0.15, 0.2) is 47.3 Å². The van der Waals surface area contributed by atoms with Gasteiger partial charge in [-0.1, -0.05) is 17.7 Å². The predicted molar refractivity (Wildman–Crippen MR) is 124 cm³/mol. The normalized spacial score (nSPS) is 16.1. The van der Waals surface area contributed by atoms with Gasteiger partial charge in [-0.15, -0.1) is 0 Å². The lowest BCUT2D eigenvalue weighted by Crippen LogP contribution is -2.43. The Morgan fingerprint density at radius 2 is 1.90 bits per heavy atom. The van der Waals surface area contributed by atoms with E-state index in [1.165, 1.54) is 0 Å². The molecule has 0 spiro atoms. The number of aromatic nitrogens is 1. The highest BCUT2D eigenvalue weighted by atomic mass is 35.5. The topological polar surface area (TPSA) is 55.7 Å². The fourth-order valence-electron chi connectivity index (χ4n) is 4.67. The van der Waals surface area contributed by atoms with Gasteiger partial charge in [-0.2, -0.15) is 0 Å². The summed E-state index contributed by atoms with van der Waals surface area (Å²) >= 11 is 6.39. The van der Waals surface area contributed by atoms with Gasteiger partial charge in [-0.25, -0.2) is 0 Å². The monoisotopic (exact) mass is 439 g/mol. The molecule has 3 aromatic rings. The van der Waals surface area contributed by atoms with Crippen LogP contribution in [0, 0.1) is 0 Å². The number of anilines is 1. The summed E-state index contributed by atoms with van der Waals surface area (Å²) in [7, 11) is 0. The maximum Gasteiger partial charge on any atom is 0.253 e. The number of hydrogen-bond donors (Lipinski definition) is 1. The molecule has 1 fully saturated rings. The largest absolute Gasteiger partial charge is 0.454 e. The molecule has 6 nitrogen and oxygen atoms in total. The van der Waals surface area contributed by atoms with Gasteiger partial charge >= 0.3 is 0 Å². The number of rotatable bonds is 5. The third kappa shape index (κ3) is 3.86. The fraction of sp³-hybridized carbons (Fsp3) is 0.375. The molecule has 0 amide bonds. The number of nitrogens with one attached hydrogen (secondary N) is 1. The first-order chi connectivity index (χ1) is 15.1. The SMILES string of the molecule is CCn1c(=O)cc(N(Cc2ccc3c(c2)OCO3)C2CCNCC2)c2cc(Cl)ccc21. The van der Waals surface area contributed by atoms with E-state index < -0.39 is 0 Å². The van der Waals surface area contributed by atoms with Crippen molar-refractivity contribution in [3.63, 3.8) is 0 Å². The molecule has 1 N–H and O–H groups in total. The summed E-state index contributed by atoms with van der Waals surface area (Å²) in [6, 6.07) is 14.0. The van der Waals surface area contributed by atoms with E-state index in [0.717, 1.165) is 59.6 Å². The first-order valence-electron chi connectivity index (χ1n) is 10.8. The van der Waals surface area contributed by atoms with Gasteiger partial charge in [0.25, 0.3) is 5.56 Å². The highest BCUT2D eigenvalue weighted by Gasteiger charge is 2.25. The molecule has 31 heavy (non-hydrogen) atoms. The van der Waals surface area contributed by atoms with E-state index in [-0.39, 0.29) is 12.4 Å². The molecule has 1 saturated heterocycles. The van der Waals surface area contributed by atoms with Crippen molar-refractivity contribution in [1.82, 2.24) is 9.88 Å². The summed E-state index contributed by atoms with van der Waals surface area (Å²) in [6.07, 6.45) is 2.03. The van der Waals surface area contributed by atoms with Crippen LogP contribution in [0.5, 0.6) is 11.5 Å². The molecule has 0 saturated carbocycles. The predicted octanol–water partition coefficient (Wildman–Crippen LogP) is 4.16. The number of aryl methyl sites for hydroxylation is 1. The van der Waals surface area contributed by atoms with Crippen molar-refractivity contribution >= 4 is 28.2 Å². The Morgan fingerprint density at radius 3 is 2.71 bits per heavy atom. The van der Waals surface area contributed by atoms with Crippen molar-refractivity contribution in [3.05, 3.63) is 63.4 Å². The Balaban J connectivity index is 1.63. The minimum absolute atomic E-state index is 0.0111. The van der Waals surface area contributed by atoms with E-state index in [2.05, 4.69) is 16.3 Å². The van der Waals surface area contributed by atoms with Crippen molar-refractivity contribution in [3.8, 4) is 11.5 Å². The van der Waals surface area contributed by atoms with E-state index >= 15 is 0 Å². The van der Waals surface area contributed by atoms with E-state index in [1.807, 2.05) is 37.3 Å². The Bertz CT molecular complexity index is 1170. The van der Waals surface area contributed by atoms with Crippen LogP contribution < -0.4 is 25.2 Å². The molecule has 7 heteroatoms. The van der Waals surface area contributed by atoms with Gasteiger partial charge in [0, 0.05) is 35.6 Å². The first kappa shape index (κ1) is 20.2. The average molecular weight is 440 g/mol. The van der Waals surface area contributed by atoms with Crippen LogP contribution in [-0.4, -0.2) is 30.5 Å². The van der Waals surface area contributed by atoms with Gasteiger partial charge in [-0.3, -0.25) is 4.79 Å². The molecule has 162 valence electrons. The van der Waals surface area contributed by atoms with Gasteiger partial charge in [0.2, 0.25) is 6.79 Å². The van der Waals surface area contributed by atoms with Crippen molar-refractivity contribution in [2.75, 3.05) is 24.8 Å². The molecule has 3 heterocycles. The maximum absolute atomic E-state index is 13.0. The van der Waals surface area contributed by atoms with Crippen LogP contribution in [0.1, 0.15) is 25.3 Å². The van der Waals surface area contributed by atoms with Crippen LogP contribution in [0.3, 0.4) is 0 Å². The van der Waals surface area contributed by atoms with E-state index in [4.69, 9.17) is 21.1 Å². The first-order valence-corrected chi connectivity index (χ1v) is 11.2. The van der Waals surface area contributed by atoms with E-state index in [9.17, 15) is 4.79 Å². The average Bonchev–Trinajstić information content (AvgIpc) is 3.26. The van der Waals surface area contributed by atoms with Crippen molar-refractivity contribution in [2.45, 2.75) is 38.9 Å². The van der Waals surface area contributed by atoms with Gasteiger partial charge in [0.1, 0.15) is 0 Å². The Kier molecular flexibility index (Phi) is 5.50. The molecule has 0 aliphatic carbocycles. The number of hydrogen-bond acceptors (Lipinski definition) is 5. The number of pyridine rings is 1. The zero-order chi connectivity index (χ0) is 21.4. The smallest absolute Gasteiger partial charge is 0.253 e. The molecule has 2 aliphatic heterocycles. The van der Waals surface area contributed by atoms with Gasteiger partial charge in [-0.05, 0) is 68.8 Å². The Morgan fingerprint density at radius 1 is 1.10 bits per heavy atom. The zero-order valence-electron chi connectivity index (χ0n) is 17.6. The quantitative estimate of drug-likeness (QED) is 0.646. The highest BCUT2D eigenvalue weighted by molar-refractivity contribution is 6.31. The van der Waals surface area contributed by atoms with E-state index in [0.29, 0.717) is 24.2 Å². The summed E-state index contributed by atoms with van der Waals surface area (Å²) in [4.78, 5) is 15.4. The molecule has 0 atom stereocenters. The number of nitrogens with zero attached hydrogens (tertiary/aromatic N) is 2. The molecular weight excluding hydrogens is 414 g/mol. The molecule has 2 aromatic carbocycles. The lowest BCUT2D eigenvalue weighted by atomic mass is 10.0. The standard InChI is InChI=1S/C24H26ClN3O3/c1-2-27-20-5-4-17(25)12-19(20)21(13-24(27)29)28(18-7-9-26-10-8-18)14-16-3-6-22-23(11-16)31-15-30-22/h3-6,11-13,18,26H,2,7-10,14-15H2,1H3. The molecule has 0 bridgehead atoms. The highest BCUT2D eigenvalue weighted by Crippen LogP contribution is 2.36. The van der Waals surface area contributed by atoms with Gasteiger partial charge in [0.05, 0.1) is 11.2 Å². The van der Waals surface area contributed by atoms with Crippen LogP contribution in [-0.2, 0) is 13.1 Å². The van der Waals surface area contributed by atoms with Crippen LogP contribution >= 0.6 is 11.6 Å². The number of piperidine rings is 1.